The number of hydrogen-bond acceptors (Lipinski definition) is 4. The van der Waals surface area contributed by atoms with Gasteiger partial charge in [-0.2, -0.15) is 0 Å². The minimum absolute atomic E-state index is 0.0712. The summed E-state index contributed by atoms with van der Waals surface area (Å²) in [6.07, 6.45) is 0. The monoisotopic (exact) mass is 224 g/mol. The second-order valence-electron chi connectivity index (χ2n) is 3.18. The highest BCUT2D eigenvalue weighted by Crippen LogP contribution is 2.14. The highest BCUT2D eigenvalue weighted by molar-refractivity contribution is 5.86. The molecule has 0 saturated carbocycles. The van der Waals surface area contributed by atoms with Gasteiger partial charge in [0.15, 0.2) is 0 Å². The van der Waals surface area contributed by atoms with Crippen molar-refractivity contribution in [2.75, 3.05) is 6.54 Å². The van der Waals surface area contributed by atoms with Gasteiger partial charge in [-0.05, 0) is 17.7 Å². The van der Waals surface area contributed by atoms with Crippen LogP contribution < -0.4 is 11.1 Å². The van der Waals surface area contributed by atoms with Gasteiger partial charge in [-0.1, -0.05) is 12.1 Å². The van der Waals surface area contributed by atoms with Crippen molar-refractivity contribution < 1.29 is 19.8 Å². The Morgan fingerprint density at radius 3 is 2.38 bits per heavy atom. The van der Waals surface area contributed by atoms with E-state index in [2.05, 4.69) is 5.32 Å². The first-order chi connectivity index (χ1) is 7.50. The number of nitrogens with two attached hydrogens (primary N) is 1. The molecule has 6 heteroatoms. The summed E-state index contributed by atoms with van der Waals surface area (Å²) in [4.78, 5) is 21.6. The van der Waals surface area contributed by atoms with Crippen molar-refractivity contribution >= 4 is 11.9 Å². The molecular formula is C10H12N2O4. The van der Waals surface area contributed by atoms with Gasteiger partial charge in [0.1, 0.15) is 18.3 Å². The number of aliphatic carboxylic acids is 1. The lowest BCUT2D eigenvalue weighted by Gasteiger charge is -2.11. The lowest BCUT2D eigenvalue weighted by Crippen LogP contribution is -2.37. The van der Waals surface area contributed by atoms with E-state index < -0.39 is 24.5 Å². The first-order valence-electron chi connectivity index (χ1n) is 4.54. The minimum Gasteiger partial charge on any atom is -0.508 e. The van der Waals surface area contributed by atoms with Crippen LogP contribution in [0, 0.1) is 0 Å². The number of carbonyl (C=O) groups excluding carboxylic acids is 1. The Hall–Kier alpha value is -2.08. The molecule has 1 amide bonds. The smallest absolute Gasteiger partial charge is 0.322 e. The van der Waals surface area contributed by atoms with Crippen molar-refractivity contribution in [1.29, 1.82) is 0 Å². The molecule has 0 radical (unpaired) electrons. The van der Waals surface area contributed by atoms with Crippen molar-refractivity contribution in [3.8, 4) is 5.75 Å². The van der Waals surface area contributed by atoms with E-state index in [1.54, 1.807) is 0 Å². The predicted octanol–water partition coefficient (Wildman–Crippen LogP) is -0.407. The molecule has 86 valence electrons. The molecule has 0 aliphatic rings. The second-order valence-corrected chi connectivity index (χ2v) is 3.18. The van der Waals surface area contributed by atoms with E-state index in [1.807, 2.05) is 0 Å². The third-order valence-corrected chi connectivity index (χ3v) is 1.95. The van der Waals surface area contributed by atoms with E-state index in [-0.39, 0.29) is 5.75 Å². The quantitative estimate of drug-likeness (QED) is 0.555. The molecule has 6 nitrogen and oxygen atoms in total. The van der Waals surface area contributed by atoms with Gasteiger partial charge >= 0.3 is 5.97 Å². The average molecular weight is 224 g/mol. The zero-order valence-corrected chi connectivity index (χ0v) is 8.38. The molecule has 0 aromatic heterocycles. The predicted molar refractivity (Wildman–Crippen MR) is 55.7 cm³/mol. The molecule has 1 rings (SSSR count). The molecule has 0 bridgehead atoms. The Balaban J connectivity index is 2.63. The summed E-state index contributed by atoms with van der Waals surface area (Å²) >= 11 is 0. The molecule has 16 heavy (non-hydrogen) atoms. The Labute approximate surface area is 91.7 Å². The number of carbonyl (C=O) groups is 2. The van der Waals surface area contributed by atoms with Crippen LogP contribution in [0.4, 0.5) is 0 Å². The Kier molecular flexibility index (Phi) is 3.84. The lowest BCUT2D eigenvalue weighted by molar-refractivity contribution is -0.138. The van der Waals surface area contributed by atoms with Crippen LogP contribution in [0.15, 0.2) is 24.3 Å². The molecule has 1 aromatic rings. The largest absolute Gasteiger partial charge is 0.508 e. The van der Waals surface area contributed by atoms with Gasteiger partial charge in [0.25, 0.3) is 0 Å². The Morgan fingerprint density at radius 1 is 1.31 bits per heavy atom. The Bertz CT molecular complexity index is 388. The van der Waals surface area contributed by atoms with Crippen LogP contribution in [0.1, 0.15) is 11.6 Å². The normalized spacial score (nSPS) is 11.8. The van der Waals surface area contributed by atoms with Crippen molar-refractivity contribution in [2.45, 2.75) is 6.04 Å². The third-order valence-electron chi connectivity index (χ3n) is 1.95. The van der Waals surface area contributed by atoms with E-state index in [4.69, 9.17) is 15.9 Å². The van der Waals surface area contributed by atoms with Gasteiger partial charge in [0.2, 0.25) is 5.91 Å². The summed E-state index contributed by atoms with van der Waals surface area (Å²) in [6.45, 7) is -0.468. The lowest BCUT2D eigenvalue weighted by atomic mass is 10.1. The van der Waals surface area contributed by atoms with Crippen molar-refractivity contribution in [2.24, 2.45) is 5.73 Å². The molecule has 0 fully saturated rings. The van der Waals surface area contributed by atoms with Crippen LogP contribution >= 0.6 is 0 Å². The summed E-state index contributed by atoms with van der Waals surface area (Å²) in [5, 5.41) is 19.6. The van der Waals surface area contributed by atoms with E-state index in [0.29, 0.717) is 5.56 Å². The molecule has 0 saturated heterocycles. The van der Waals surface area contributed by atoms with Crippen molar-refractivity contribution in [1.82, 2.24) is 5.32 Å². The standard InChI is InChI=1S/C10H12N2O4/c11-9(10(16)12-5-8(14)15)6-1-3-7(13)4-2-6/h1-4,9,13H,5,11H2,(H,12,16)(H,14,15). The number of phenolic OH excluding ortho intramolecular Hbond substituents is 1. The molecule has 1 atom stereocenters. The molecule has 0 spiro atoms. The summed E-state index contributed by atoms with van der Waals surface area (Å²) < 4.78 is 0. The van der Waals surface area contributed by atoms with Crippen LogP contribution in [0.3, 0.4) is 0 Å². The Morgan fingerprint density at radius 2 is 1.88 bits per heavy atom. The fourth-order valence-corrected chi connectivity index (χ4v) is 1.11. The van der Waals surface area contributed by atoms with Gasteiger partial charge in [0.05, 0.1) is 0 Å². The minimum atomic E-state index is -1.13. The van der Waals surface area contributed by atoms with Crippen molar-refractivity contribution in [3.63, 3.8) is 0 Å². The molecule has 0 aliphatic heterocycles. The molecule has 5 N–H and O–H groups in total. The average Bonchev–Trinajstić information content (AvgIpc) is 2.26. The topological polar surface area (TPSA) is 113 Å². The maximum Gasteiger partial charge on any atom is 0.322 e. The number of hydrogen-bond donors (Lipinski definition) is 4. The van der Waals surface area contributed by atoms with Gasteiger partial charge in [-0.3, -0.25) is 9.59 Å². The first-order valence-corrected chi connectivity index (χ1v) is 4.54. The molecule has 1 aromatic carbocycles. The van der Waals surface area contributed by atoms with Crippen LogP contribution in [-0.2, 0) is 9.59 Å². The zero-order valence-electron chi connectivity index (χ0n) is 8.38. The van der Waals surface area contributed by atoms with Crippen LogP contribution in [0.25, 0.3) is 0 Å². The molecule has 0 aliphatic carbocycles. The number of carboxylic acids is 1. The van der Waals surface area contributed by atoms with E-state index >= 15 is 0 Å². The molecular weight excluding hydrogens is 212 g/mol. The maximum absolute atomic E-state index is 11.4. The SMILES string of the molecule is NC(C(=O)NCC(=O)O)c1ccc(O)cc1. The van der Waals surface area contributed by atoms with Crippen LogP contribution in [0.5, 0.6) is 5.75 Å². The molecule has 1 unspecified atom stereocenters. The number of carboxylic acid groups (broad SMARTS) is 1. The second kappa shape index (κ2) is 5.13. The van der Waals surface area contributed by atoms with Gasteiger partial charge in [0, 0.05) is 0 Å². The zero-order chi connectivity index (χ0) is 12.1. The van der Waals surface area contributed by atoms with Gasteiger partial charge in [-0.15, -0.1) is 0 Å². The first kappa shape index (κ1) is 12.0. The number of amides is 1. The van der Waals surface area contributed by atoms with E-state index in [9.17, 15) is 9.59 Å². The molecule has 0 heterocycles. The highest BCUT2D eigenvalue weighted by Gasteiger charge is 2.15. The summed E-state index contributed by atoms with van der Waals surface area (Å²) in [7, 11) is 0. The maximum atomic E-state index is 11.4. The third kappa shape index (κ3) is 3.25. The number of benzene rings is 1. The van der Waals surface area contributed by atoms with E-state index in [1.165, 1.54) is 24.3 Å². The van der Waals surface area contributed by atoms with E-state index in [0.717, 1.165) is 0 Å². The number of aromatic hydroxyl groups is 1. The summed E-state index contributed by atoms with van der Waals surface area (Å²) in [5.74, 6) is -1.64. The number of nitrogens with one attached hydrogen (secondary N) is 1. The number of phenols is 1. The van der Waals surface area contributed by atoms with Crippen LogP contribution in [-0.4, -0.2) is 28.6 Å². The summed E-state index contributed by atoms with van der Waals surface area (Å²) in [6, 6.07) is 4.86. The highest BCUT2D eigenvalue weighted by atomic mass is 16.4. The fourth-order valence-electron chi connectivity index (χ4n) is 1.11. The number of rotatable bonds is 4. The van der Waals surface area contributed by atoms with Gasteiger partial charge < -0.3 is 21.3 Å². The van der Waals surface area contributed by atoms with Crippen molar-refractivity contribution in [3.05, 3.63) is 29.8 Å². The van der Waals surface area contributed by atoms with Crippen LogP contribution in [0.2, 0.25) is 0 Å². The summed E-state index contributed by atoms with van der Waals surface area (Å²) in [5.41, 5.74) is 6.09. The van der Waals surface area contributed by atoms with Gasteiger partial charge in [-0.25, -0.2) is 0 Å². The fraction of sp³-hybridized carbons (Fsp3) is 0.200.